The Bertz CT molecular complexity index is 485. The molecule has 3 nitrogen and oxygen atoms in total. The lowest BCUT2D eigenvalue weighted by atomic mass is 10.00. The van der Waals surface area contributed by atoms with Gasteiger partial charge in [-0.25, -0.2) is 9.37 Å². The Morgan fingerprint density at radius 3 is 2.62 bits per heavy atom. The molecule has 82 valence electrons. The summed E-state index contributed by atoms with van der Waals surface area (Å²) in [5.74, 6) is 0.309. The molecule has 3 rings (SSSR count). The molecular formula is C12H12FN3. The highest BCUT2D eigenvalue weighted by molar-refractivity contribution is 5.35. The number of halogens is 1. The standard InChI is InChI=1S/C12H12FN3/c13-10-1-3-11(4-2-10)16-8-15-7-12(16)9-5-14-6-9/h1-4,7-9,14H,5-6H2. The highest BCUT2D eigenvalue weighted by Gasteiger charge is 2.22. The third-order valence-corrected chi connectivity index (χ3v) is 2.97. The van der Waals surface area contributed by atoms with Crippen LogP contribution in [-0.4, -0.2) is 22.6 Å². The van der Waals surface area contributed by atoms with Crippen molar-refractivity contribution in [1.29, 1.82) is 0 Å². The van der Waals surface area contributed by atoms with E-state index in [1.165, 1.54) is 17.8 Å². The van der Waals surface area contributed by atoms with Crippen LogP contribution in [0, 0.1) is 5.82 Å². The lowest BCUT2D eigenvalue weighted by Crippen LogP contribution is -2.40. The summed E-state index contributed by atoms with van der Waals surface area (Å²) in [6.07, 6.45) is 3.66. The highest BCUT2D eigenvalue weighted by atomic mass is 19.1. The number of nitrogens with zero attached hydrogens (tertiary/aromatic N) is 2. The third kappa shape index (κ3) is 1.51. The number of aromatic nitrogens is 2. The van der Waals surface area contributed by atoms with E-state index in [2.05, 4.69) is 10.3 Å². The summed E-state index contributed by atoms with van der Waals surface area (Å²) >= 11 is 0. The van der Waals surface area contributed by atoms with E-state index in [0.717, 1.165) is 18.8 Å². The number of hydrogen-bond donors (Lipinski definition) is 1. The van der Waals surface area contributed by atoms with E-state index in [0.29, 0.717) is 5.92 Å². The van der Waals surface area contributed by atoms with Gasteiger partial charge in [-0.15, -0.1) is 0 Å². The maximum Gasteiger partial charge on any atom is 0.123 e. The van der Waals surface area contributed by atoms with Gasteiger partial charge in [0.1, 0.15) is 5.82 Å². The molecule has 2 heterocycles. The normalized spacial score (nSPS) is 16.1. The largest absolute Gasteiger partial charge is 0.315 e. The average Bonchev–Trinajstić information content (AvgIpc) is 2.65. The molecular weight excluding hydrogens is 205 g/mol. The van der Waals surface area contributed by atoms with Gasteiger partial charge in [-0.3, -0.25) is 0 Å². The van der Waals surface area contributed by atoms with Crippen LogP contribution in [0.5, 0.6) is 0 Å². The Balaban J connectivity index is 1.99. The molecule has 1 aromatic heterocycles. The second kappa shape index (κ2) is 3.72. The van der Waals surface area contributed by atoms with Crippen molar-refractivity contribution in [1.82, 2.24) is 14.9 Å². The molecule has 0 bridgehead atoms. The molecule has 2 aromatic rings. The number of nitrogens with one attached hydrogen (secondary N) is 1. The average molecular weight is 217 g/mol. The summed E-state index contributed by atoms with van der Waals surface area (Å²) < 4.78 is 14.8. The Labute approximate surface area is 92.9 Å². The van der Waals surface area contributed by atoms with E-state index >= 15 is 0 Å². The number of rotatable bonds is 2. The molecule has 0 unspecified atom stereocenters. The molecule has 0 saturated carbocycles. The highest BCUT2D eigenvalue weighted by Crippen LogP contribution is 2.22. The predicted octanol–water partition coefficient (Wildman–Crippen LogP) is 1.70. The fraction of sp³-hybridized carbons (Fsp3) is 0.250. The van der Waals surface area contributed by atoms with Gasteiger partial charge < -0.3 is 9.88 Å². The van der Waals surface area contributed by atoms with Gasteiger partial charge in [-0.2, -0.15) is 0 Å². The van der Waals surface area contributed by atoms with Gasteiger partial charge in [-0.1, -0.05) is 0 Å². The predicted molar refractivity (Wildman–Crippen MR) is 59.1 cm³/mol. The van der Waals surface area contributed by atoms with Crippen LogP contribution in [0.4, 0.5) is 4.39 Å². The zero-order valence-electron chi connectivity index (χ0n) is 8.73. The molecule has 1 aliphatic heterocycles. The third-order valence-electron chi connectivity index (χ3n) is 2.97. The molecule has 0 radical (unpaired) electrons. The number of hydrogen-bond acceptors (Lipinski definition) is 2. The van der Waals surface area contributed by atoms with Crippen molar-refractivity contribution in [3.8, 4) is 5.69 Å². The van der Waals surface area contributed by atoms with Crippen molar-refractivity contribution in [2.24, 2.45) is 0 Å². The van der Waals surface area contributed by atoms with E-state index in [4.69, 9.17) is 0 Å². The Kier molecular flexibility index (Phi) is 2.22. The van der Waals surface area contributed by atoms with E-state index < -0.39 is 0 Å². The van der Waals surface area contributed by atoms with Crippen molar-refractivity contribution >= 4 is 0 Å². The summed E-state index contributed by atoms with van der Waals surface area (Å²) in [7, 11) is 0. The van der Waals surface area contributed by atoms with Crippen LogP contribution < -0.4 is 5.32 Å². The van der Waals surface area contributed by atoms with Crippen molar-refractivity contribution in [2.45, 2.75) is 5.92 Å². The molecule has 4 heteroatoms. The van der Waals surface area contributed by atoms with Crippen LogP contribution in [0.3, 0.4) is 0 Å². The lowest BCUT2D eigenvalue weighted by Gasteiger charge is -2.27. The van der Waals surface area contributed by atoms with Crippen LogP contribution in [0.15, 0.2) is 36.8 Å². The van der Waals surface area contributed by atoms with Gasteiger partial charge in [-0.05, 0) is 24.3 Å². The van der Waals surface area contributed by atoms with Gasteiger partial charge in [0.05, 0.1) is 6.33 Å². The van der Waals surface area contributed by atoms with Crippen molar-refractivity contribution in [2.75, 3.05) is 13.1 Å². The molecule has 16 heavy (non-hydrogen) atoms. The summed E-state index contributed by atoms with van der Waals surface area (Å²) in [6, 6.07) is 6.48. The maximum atomic E-state index is 12.8. The first-order valence-electron chi connectivity index (χ1n) is 5.33. The molecule has 1 saturated heterocycles. The van der Waals surface area contributed by atoms with Crippen molar-refractivity contribution in [3.05, 3.63) is 48.3 Å². The van der Waals surface area contributed by atoms with E-state index in [1.807, 2.05) is 10.8 Å². The van der Waals surface area contributed by atoms with E-state index in [-0.39, 0.29) is 5.82 Å². The number of benzene rings is 1. The summed E-state index contributed by atoms with van der Waals surface area (Å²) in [5, 5.41) is 3.24. The van der Waals surface area contributed by atoms with E-state index in [9.17, 15) is 4.39 Å². The first-order valence-corrected chi connectivity index (χ1v) is 5.33. The smallest absolute Gasteiger partial charge is 0.123 e. The summed E-state index contributed by atoms with van der Waals surface area (Å²) in [4.78, 5) is 4.17. The maximum absolute atomic E-state index is 12.8. The van der Waals surface area contributed by atoms with E-state index in [1.54, 1.807) is 18.5 Å². The van der Waals surface area contributed by atoms with Crippen LogP contribution in [0.2, 0.25) is 0 Å². The fourth-order valence-corrected chi connectivity index (χ4v) is 1.92. The molecule has 0 aliphatic carbocycles. The first kappa shape index (κ1) is 9.54. The Morgan fingerprint density at radius 2 is 2.00 bits per heavy atom. The molecule has 0 atom stereocenters. The minimum absolute atomic E-state index is 0.212. The van der Waals surface area contributed by atoms with Crippen LogP contribution in [-0.2, 0) is 0 Å². The van der Waals surface area contributed by atoms with Crippen LogP contribution >= 0.6 is 0 Å². The van der Waals surface area contributed by atoms with Gasteiger partial charge in [0.25, 0.3) is 0 Å². The summed E-state index contributed by atoms with van der Waals surface area (Å²) in [5.41, 5.74) is 2.14. The van der Waals surface area contributed by atoms with Gasteiger partial charge >= 0.3 is 0 Å². The van der Waals surface area contributed by atoms with Gasteiger partial charge in [0, 0.05) is 36.6 Å². The topological polar surface area (TPSA) is 29.9 Å². The fourth-order valence-electron chi connectivity index (χ4n) is 1.92. The molecule has 1 aromatic carbocycles. The minimum Gasteiger partial charge on any atom is -0.315 e. The molecule has 1 aliphatic rings. The zero-order chi connectivity index (χ0) is 11.0. The first-order chi connectivity index (χ1) is 7.84. The van der Waals surface area contributed by atoms with Crippen molar-refractivity contribution in [3.63, 3.8) is 0 Å². The molecule has 1 fully saturated rings. The van der Waals surface area contributed by atoms with Crippen molar-refractivity contribution < 1.29 is 4.39 Å². The Morgan fingerprint density at radius 1 is 1.25 bits per heavy atom. The van der Waals surface area contributed by atoms with Gasteiger partial charge in [0.15, 0.2) is 0 Å². The Hall–Kier alpha value is -1.68. The van der Waals surface area contributed by atoms with Gasteiger partial charge in [0.2, 0.25) is 0 Å². The second-order valence-electron chi connectivity index (χ2n) is 4.02. The lowest BCUT2D eigenvalue weighted by molar-refractivity contribution is 0.435. The molecule has 0 spiro atoms. The molecule has 0 amide bonds. The SMILES string of the molecule is Fc1ccc(-n2cncc2C2CNC2)cc1. The monoisotopic (exact) mass is 217 g/mol. The summed E-state index contributed by atoms with van der Waals surface area (Å²) in [6.45, 7) is 1.99. The van der Waals surface area contributed by atoms with Crippen LogP contribution in [0.1, 0.15) is 11.6 Å². The minimum atomic E-state index is -0.212. The zero-order valence-corrected chi connectivity index (χ0v) is 8.73. The number of imidazole rings is 1. The second-order valence-corrected chi connectivity index (χ2v) is 4.02. The quantitative estimate of drug-likeness (QED) is 0.829. The van der Waals surface area contributed by atoms with Crippen LogP contribution in [0.25, 0.3) is 5.69 Å². The molecule has 1 N–H and O–H groups in total.